The number of hydrogen-bond acceptors (Lipinski definition) is 1. The van der Waals surface area contributed by atoms with Gasteiger partial charge in [0.25, 0.3) is 0 Å². The maximum atomic E-state index is 14.4. The fourth-order valence-corrected chi connectivity index (χ4v) is 5.05. The average Bonchev–Trinajstić information content (AvgIpc) is 3.31. The van der Waals surface area contributed by atoms with Crippen molar-refractivity contribution in [1.82, 2.24) is 4.98 Å². The Morgan fingerprint density at radius 2 is 1.41 bits per heavy atom. The van der Waals surface area contributed by atoms with Gasteiger partial charge in [0.2, 0.25) is 0 Å². The van der Waals surface area contributed by atoms with Crippen LogP contribution in [0.4, 0.5) is 30.7 Å². The average molecular weight is 481 g/mol. The van der Waals surface area contributed by atoms with Crippen LogP contribution in [0.25, 0.3) is 0 Å². The number of hydrogen-bond donors (Lipinski definition) is 0. The van der Waals surface area contributed by atoms with E-state index < -0.39 is 35.3 Å². The molecule has 0 bridgehead atoms. The van der Waals surface area contributed by atoms with Crippen LogP contribution in [0.3, 0.4) is 0 Å². The van der Waals surface area contributed by atoms with Crippen molar-refractivity contribution in [3.05, 3.63) is 101 Å². The Morgan fingerprint density at radius 3 is 1.97 bits per heavy atom. The fraction of sp³-hybridized carbons (Fsp3) is 0.346. The molecule has 0 saturated heterocycles. The summed E-state index contributed by atoms with van der Waals surface area (Å²) in [5.41, 5.74) is -1.01. The van der Waals surface area contributed by atoms with Gasteiger partial charge in [-0.3, -0.25) is 4.98 Å². The van der Waals surface area contributed by atoms with Crippen molar-refractivity contribution >= 4 is 0 Å². The molecule has 4 rings (SSSR count). The van der Waals surface area contributed by atoms with Gasteiger partial charge < -0.3 is 0 Å². The second-order valence-electron chi connectivity index (χ2n) is 8.70. The van der Waals surface area contributed by atoms with Crippen LogP contribution in [0.15, 0.2) is 66.9 Å². The standard InChI is InChI=1S/C26H22F7N/c27-21-13-19(12-20(14-21)25(28,29)30)24(18-10-11-22(34-15-18)26(31,32)33)23(17-8-4-5-9-17)16-6-2-1-3-7-16/h1-3,6-7,10-15,17,23-24H,4-5,8-9H2/t23-,24?/m1/s1. The van der Waals surface area contributed by atoms with Crippen LogP contribution in [0.2, 0.25) is 0 Å². The summed E-state index contributed by atoms with van der Waals surface area (Å²) in [5, 5.41) is 0. The summed E-state index contributed by atoms with van der Waals surface area (Å²) in [5.74, 6) is -2.14. The van der Waals surface area contributed by atoms with Crippen LogP contribution >= 0.6 is 0 Å². The van der Waals surface area contributed by atoms with Crippen LogP contribution < -0.4 is 0 Å². The van der Waals surface area contributed by atoms with E-state index in [9.17, 15) is 30.7 Å². The van der Waals surface area contributed by atoms with Gasteiger partial charge in [0.15, 0.2) is 0 Å². The molecule has 1 aliphatic rings. The first-order chi connectivity index (χ1) is 16.0. The summed E-state index contributed by atoms with van der Waals surface area (Å²) >= 11 is 0. The molecule has 1 aliphatic carbocycles. The lowest BCUT2D eigenvalue weighted by molar-refractivity contribution is -0.141. The first-order valence-electron chi connectivity index (χ1n) is 11.0. The normalized spacial score (nSPS) is 17.0. The van der Waals surface area contributed by atoms with E-state index in [0.717, 1.165) is 55.6 Å². The number of halogens is 7. The van der Waals surface area contributed by atoms with Crippen molar-refractivity contribution in [3.8, 4) is 0 Å². The van der Waals surface area contributed by atoms with Gasteiger partial charge in [-0.2, -0.15) is 26.3 Å². The Kier molecular flexibility index (Phi) is 6.69. The van der Waals surface area contributed by atoms with Crippen molar-refractivity contribution in [2.45, 2.75) is 49.9 Å². The molecule has 1 unspecified atom stereocenters. The first kappa shape index (κ1) is 24.2. The summed E-state index contributed by atoms with van der Waals surface area (Å²) in [6.45, 7) is 0. The van der Waals surface area contributed by atoms with E-state index in [0.29, 0.717) is 11.6 Å². The molecule has 180 valence electrons. The molecular weight excluding hydrogens is 459 g/mol. The van der Waals surface area contributed by atoms with Gasteiger partial charge in [0, 0.05) is 12.1 Å². The number of benzene rings is 2. The molecule has 1 saturated carbocycles. The molecule has 1 aromatic heterocycles. The summed E-state index contributed by atoms with van der Waals surface area (Å²) in [7, 11) is 0. The van der Waals surface area contributed by atoms with Gasteiger partial charge in [-0.25, -0.2) is 4.39 Å². The first-order valence-corrected chi connectivity index (χ1v) is 11.0. The molecule has 34 heavy (non-hydrogen) atoms. The van der Waals surface area contributed by atoms with E-state index in [2.05, 4.69) is 4.98 Å². The third-order valence-electron chi connectivity index (χ3n) is 6.49. The fourth-order valence-electron chi connectivity index (χ4n) is 5.05. The summed E-state index contributed by atoms with van der Waals surface area (Å²) in [6.07, 6.45) is -4.82. The molecule has 1 heterocycles. The molecule has 0 N–H and O–H groups in total. The van der Waals surface area contributed by atoms with E-state index in [4.69, 9.17) is 0 Å². The zero-order valence-corrected chi connectivity index (χ0v) is 18.0. The van der Waals surface area contributed by atoms with E-state index in [-0.39, 0.29) is 17.4 Å². The Morgan fingerprint density at radius 1 is 0.735 bits per heavy atom. The second kappa shape index (κ2) is 9.39. The van der Waals surface area contributed by atoms with E-state index >= 15 is 0 Å². The van der Waals surface area contributed by atoms with Crippen LogP contribution in [0, 0.1) is 11.7 Å². The molecule has 3 aromatic rings. The van der Waals surface area contributed by atoms with Crippen molar-refractivity contribution in [1.29, 1.82) is 0 Å². The lowest BCUT2D eigenvalue weighted by Crippen LogP contribution is -2.21. The second-order valence-corrected chi connectivity index (χ2v) is 8.70. The maximum absolute atomic E-state index is 14.4. The minimum atomic E-state index is -4.77. The highest BCUT2D eigenvalue weighted by Gasteiger charge is 2.38. The van der Waals surface area contributed by atoms with Crippen LogP contribution in [-0.4, -0.2) is 4.98 Å². The molecule has 0 radical (unpaired) electrons. The molecule has 0 amide bonds. The third-order valence-corrected chi connectivity index (χ3v) is 6.49. The summed E-state index contributed by atoms with van der Waals surface area (Å²) < 4.78 is 94.3. The predicted molar refractivity (Wildman–Crippen MR) is 114 cm³/mol. The van der Waals surface area contributed by atoms with Gasteiger partial charge in [-0.05, 0) is 65.6 Å². The van der Waals surface area contributed by atoms with E-state index in [1.807, 2.05) is 30.3 Å². The zero-order chi connectivity index (χ0) is 24.5. The predicted octanol–water partition coefficient (Wildman–Crippen LogP) is 8.36. The zero-order valence-electron chi connectivity index (χ0n) is 18.0. The molecule has 2 aromatic carbocycles. The Hall–Kier alpha value is -2.90. The minimum absolute atomic E-state index is 0.0645. The Labute approximate surface area is 192 Å². The largest absolute Gasteiger partial charge is 0.433 e. The number of rotatable bonds is 5. The van der Waals surface area contributed by atoms with E-state index in [1.54, 1.807) is 0 Å². The van der Waals surface area contributed by atoms with Gasteiger partial charge in [-0.1, -0.05) is 49.2 Å². The van der Waals surface area contributed by atoms with Gasteiger partial charge >= 0.3 is 12.4 Å². The van der Waals surface area contributed by atoms with Crippen molar-refractivity contribution in [2.75, 3.05) is 0 Å². The number of nitrogens with zero attached hydrogens (tertiary/aromatic N) is 1. The Bertz CT molecular complexity index is 1100. The van der Waals surface area contributed by atoms with Crippen LogP contribution in [0.5, 0.6) is 0 Å². The molecule has 0 spiro atoms. The minimum Gasteiger partial charge on any atom is -0.251 e. The molecule has 0 aliphatic heterocycles. The molecule has 1 fully saturated rings. The van der Waals surface area contributed by atoms with Crippen molar-refractivity contribution < 1.29 is 30.7 Å². The highest BCUT2D eigenvalue weighted by molar-refractivity contribution is 5.41. The number of pyridine rings is 1. The number of alkyl halides is 6. The topological polar surface area (TPSA) is 12.9 Å². The quantitative estimate of drug-likeness (QED) is 0.334. The monoisotopic (exact) mass is 481 g/mol. The highest BCUT2D eigenvalue weighted by atomic mass is 19.4. The van der Waals surface area contributed by atoms with Crippen LogP contribution in [-0.2, 0) is 12.4 Å². The maximum Gasteiger partial charge on any atom is 0.433 e. The van der Waals surface area contributed by atoms with Crippen molar-refractivity contribution in [3.63, 3.8) is 0 Å². The summed E-state index contributed by atoms with van der Waals surface area (Å²) in [4.78, 5) is 3.55. The third kappa shape index (κ3) is 5.26. The van der Waals surface area contributed by atoms with Crippen molar-refractivity contribution in [2.24, 2.45) is 5.92 Å². The van der Waals surface area contributed by atoms with Gasteiger partial charge in [0.1, 0.15) is 11.5 Å². The van der Waals surface area contributed by atoms with Gasteiger partial charge in [0.05, 0.1) is 5.56 Å². The lowest BCUT2D eigenvalue weighted by atomic mass is 9.70. The SMILES string of the molecule is Fc1cc(C(c2ccc(C(F)(F)F)nc2)[C@H](c2ccccc2)C2CCCC2)cc(C(F)(F)F)c1. The molecule has 8 heteroatoms. The molecule has 1 nitrogen and oxygen atoms in total. The molecular formula is C26H22F7N. The van der Waals surface area contributed by atoms with E-state index in [1.165, 1.54) is 6.07 Å². The van der Waals surface area contributed by atoms with Crippen LogP contribution in [0.1, 0.15) is 65.5 Å². The molecule has 2 atom stereocenters. The number of aromatic nitrogens is 1. The van der Waals surface area contributed by atoms with Gasteiger partial charge in [-0.15, -0.1) is 0 Å². The lowest BCUT2D eigenvalue weighted by Gasteiger charge is -2.33. The summed E-state index contributed by atoms with van der Waals surface area (Å²) in [6, 6.07) is 13.6. The Balaban J connectivity index is 1.92. The highest BCUT2D eigenvalue weighted by Crippen LogP contribution is 2.49. The smallest absolute Gasteiger partial charge is 0.251 e.